The van der Waals surface area contributed by atoms with Gasteiger partial charge < -0.3 is 9.67 Å². The number of aryl methyl sites for hydroxylation is 3. The van der Waals surface area contributed by atoms with Crippen LogP contribution in [0.15, 0.2) is 52.7 Å². The first-order valence-electron chi connectivity index (χ1n) is 11.9. The fourth-order valence-corrected chi connectivity index (χ4v) is 5.23. The Labute approximate surface area is 195 Å². The van der Waals surface area contributed by atoms with Crippen LogP contribution in [0, 0.1) is 13.8 Å². The summed E-state index contributed by atoms with van der Waals surface area (Å²) in [6.45, 7) is 11.2. The zero-order chi connectivity index (χ0) is 23.4. The van der Waals surface area contributed by atoms with Crippen molar-refractivity contribution >= 4 is 39.2 Å². The molecule has 33 heavy (non-hydrogen) atoms. The molecule has 4 nitrogen and oxygen atoms in total. The molecule has 0 fully saturated rings. The number of aliphatic hydroxyl groups is 1. The third-order valence-corrected chi connectivity index (χ3v) is 7.03. The largest absolute Gasteiger partial charge is 0.506 e. The molecule has 2 aliphatic rings. The summed E-state index contributed by atoms with van der Waals surface area (Å²) in [5.41, 5.74) is 9.54. The first-order chi connectivity index (χ1) is 15.9. The second-order valence-corrected chi connectivity index (χ2v) is 9.19. The van der Waals surface area contributed by atoms with Crippen LogP contribution >= 0.6 is 0 Å². The van der Waals surface area contributed by atoms with E-state index in [-0.39, 0.29) is 11.5 Å². The number of aromatic nitrogens is 1. The number of Topliss-reactive ketones (excluding diaryl/α,β-unsaturated/α-hetero) is 1. The van der Waals surface area contributed by atoms with Gasteiger partial charge in [0.2, 0.25) is 5.78 Å². The number of hydrogen-bond acceptors (Lipinski definition) is 3. The predicted molar refractivity (Wildman–Crippen MR) is 136 cm³/mol. The Morgan fingerprint density at radius 1 is 0.970 bits per heavy atom. The van der Waals surface area contributed by atoms with Crippen molar-refractivity contribution in [3.05, 3.63) is 75.7 Å². The summed E-state index contributed by atoms with van der Waals surface area (Å²) < 4.78 is 2.30. The van der Waals surface area contributed by atoms with E-state index in [1.807, 2.05) is 32.0 Å². The van der Waals surface area contributed by atoms with Crippen molar-refractivity contribution in [1.29, 1.82) is 0 Å². The van der Waals surface area contributed by atoms with E-state index in [4.69, 9.17) is 0 Å². The zero-order valence-electron chi connectivity index (χ0n) is 20.0. The molecule has 1 aliphatic heterocycles. The van der Waals surface area contributed by atoms with E-state index in [9.17, 15) is 9.90 Å². The van der Waals surface area contributed by atoms with E-state index < -0.39 is 0 Å². The van der Waals surface area contributed by atoms with E-state index in [0.717, 1.165) is 76.1 Å². The van der Waals surface area contributed by atoms with Crippen molar-refractivity contribution < 1.29 is 9.90 Å². The number of fused-ring (bicyclic) bond motifs is 2. The Morgan fingerprint density at radius 3 is 2.45 bits per heavy atom. The van der Waals surface area contributed by atoms with Gasteiger partial charge in [-0.15, -0.1) is 0 Å². The highest BCUT2D eigenvalue weighted by molar-refractivity contribution is 6.47. The van der Waals surface area contributed by atoms with Gasteiger partial charge in [0, 0.05) is 45.6 Å². The molecule has 4 heteroatoms. The van der Waals surface area contributed by atoms with Gasteiger partial charge in [0.25, 0.3) is 0 Å². The van der Waals surface area contributed by atoms with E-state index in [1.54, 1.807) is 0 Å². The highest BCUT2D eigenvalue weighted by atomic mass is 16.3. The van der Waals surface area contributed by atoms with Crippen LogP contribution in [0.2, 0.25) is 0 Å². The van der Waals surface area contributed by atoms with Crippen LogP contribution in [-0.4, -0.2) is 21.2 Å². The van der Waals surface area contributed by atoms with Gasteiger partial charge in [-0.05, 0) is 63.4 Å². The number of allylic oxidation sites excluding steroid dienone is 3. The van der Waals surface area contributed by atoms with E-state index in [2.05, 4.69) is 48.5 Å². The molecule has 3 aromatic rings. The molecule has 0 atom stereocenters. The maximum Gasteiger partial charge on any atom is 0.201 e. The van der Waals surface area contributed by atoms with Gasteiger partial charge >= 0.3 is 0 Å². The van der Waals surface area contributed by atoms with Gasteiger partial charge in [-0.2, -0.15) is 0 Å². The average Bonchev–Trinajstić information content (AvgIpc) is 3.25. The van der Waals surface area contributed by atoms with E-state index in [0.29, 0.717) is 11.1 Å². The Bertz CT molecular complexity index is 1430. The van der Waals surface area contributed by atoms with Gasteiger partial charge in [0.1, 0.15) is 5.76 Å². The highest BCUT2D eigenvalue weighted by Crippen LogP contribution is 2.47. The van der Waals surface area contributed by atoms with Crippen molar-refractivity contribution in [2.75, 3.05) is 0 Å². The second-order valence-electron chi connectivity index (χ2n) is 9.19. The van der Waals surface area contributed by atoms with Gasteiger partial charge in [0.15, 0.2) is 0 Å². The molecule has 168 valence electrons. The topological polar surface area (TPSA) is 54.6 Å². The Morgan fingerprint density at radius 2 is 1.76 bits per heavy atom. The summed E-state index contributed by atoms with van der Waals surface area (Å²) in [5, 5.41) is 12.3. The molecule has 0 saturated carbocycles. The summed E-state index contributed by atoms with van der Waals surface area (Å²) in [5.74, 6) is 0.00407. The number of carbonyl (C=O) groups is 1. The van der Waals surface area contributed by atoms with Crippen LogP contribution in [0.25, 0.3) is 22.0 Å². The molecule has 0 bridgehead atoms. The van der Waals surface area contributed by atoms with Crippen LogP contribution in [0.1, 0.15) is 61.6 Å². The lowest BCUT2D eigenvalue weighted by molar-refractivity contribution is -0.111. The second kappa shape index (κ2) is 7.87. The Hall–Kier alpha value is -3.40. The van der Waals surface area contributed by atoms with Crippen molar-refractivity contribution in [2.45, 2.75) is 60.4 Å². The van der Waals surface area contributed by atoms with E-state index >= 15 is 0 Å². The van der Waals surface area contributed by atoms with Gasteiger partial charge in [-0.1, -0.05) is 38.0 Å². The molecule has 2 heterocycles. The van der Waals surface area contributed by atoms with Crippen LogP contribution in [0.5, 0.6) is 0 Å². The molecule has 5 rings (SSSR count). The third-order valence-electron chi connectivity index (χ3n) is 7.03. The minimum Gasteiger partial charge on any atom is -0.506 e. The van der Waals surface area contributed by atoms with E-state index in [1.165, 1.54) is 5.56 Å². The molecule has 0 unspecified atom stereocenters. The zero-order valence-corrected chi connectivity index (χ0v) is 20.0. The number of benzene rings is 2. The summed E-state index contributed by atoms with van der Waals surface area (Å²) in [6.07, 6.45) is 3.09. The SMILES string of the molecule is CCCCn1c(C)c(C2=C(O)C(=C3C(C)=Nc4ccc(C)cc43)C2=O)c2cc(CC)ccc21. The minimum absolute atomic E-state index is 0.0917. The fraction of sp³-hybridized carbons (Fsp3) is 0.310. The lowest BCUT2D eigenvalue weighted by atomic mass is 9.78. The number of rotatable bonds is 5. The number of nitrogens with zero attached hydrogens (tertiary/aromatic N) is 2. The number of aliphatic hydroxyl groups excluding tert-OH is 1. The lowest BCUT2D eigenvalue weighted by Gasteiger charge is -2.24. The molecular formula is C29H30N2O2. The molecule has 2 aromatic carbocycles. The molecule has 0 radical (unpaired) electrons. The maximum atomic E-state index is 13.6. The fourth-order valence-electron chi connectivity index (χ4n) is 5.23. The molecule has 0 amide bonds. The standard InChI is InChI=1S/C29H30N2O2/c1-6-8-13-31-18(5)25(21-15-19(7-2)10-12-23(21)31)27-28(32)26(29(27)33)24-17(4)30-22-11-9-16(3)14-20(22)24/h9-12,14-15,32H,6-8,13H2,1-5H3. The Kier molecular flexibility index (Phi) is 5.12. The average molecular weight is 439 g/mol. The van der Waals surface area contributed by atoms with Crippen molar-refractivity contribution in [3.63, 3.8) is 0 Å². The first kappa shape index (κ1) is 21.4. The summed E-state index contributed by atoms with van der Waals surface area (Å²) in [7, 11) is 0. The van der Waals surface area contributed by atoms with Crippen molar-refractivity contribution in [2.24, 2.45) is 4.99 Å². The molecule has 1 N–H and O–H groups in total. The summed E-state index contributed by atoms with van der Waals surface area (Å²) in [6, 6.07) is 12.5. The number of unbranched alkanes of at least 4 members (excludes halogenated alkanes) is 1. The lowest BCUT2D eigenvalue weighted by Crippen LogP contribution is -2.24. The van der Waals surface area contributed by atoms with Crippen molar-refractivity contribution in [3.8, 4) is 0 Å². The van der Waals surface area contributed by atoms with Crippen LogP contribution in [-0.2, 0) is 17.8 Å². The molecular weight excluding hydrogens is 408 g/mol. The summed E-state index contributed by atoms with van der Waals surface area (Å²) >= 11 is 0. The number of ketones is 1. The normalized spacial score (nSPS) is 17.6. The number of hydrogen-bond donors (Lipinski definition) is 1. The summed E-state index contributed by atoms with van der Waals surface area (Å²) in [4.78, 5) is 18.3. The maximum absolute atomic E-state index is 13.6. The van der Waals surface area contributed by atoms with Gasteiger partial charge in [-0.3, -0.25) is 9.79 Å². The molecule has 1 aliphatic carbocycles. The smallest absolute Gasteiger partial charge is 0.201 e. The molecule has 0 saturated heterocycles. The van der Waals surface area contributed by atoms with Crippen molar-refractivity contribution in [1.82, 2.24) is 4.57 Å². The first-order valence-corrected chi connectivity index (χ1v) is 11.9. The number of carbonyl (C=O) groups excluding carboxylic acids is 1. The highest BCUT2D eigenvalue weighted by Gasteiger charge is 2.41. The third kappa shape index (κ3) is 3.12. The monoisotopic (exact) mass is 438 g/mol. The number of aliphatic imine (C=N–C) groups is 1. The van der Waals surface area contributed by atoms with Crippen LogP contribution < -0.4 is 0 Å². The van der Waals surface area contributed by atoms with Gasteiger partial charge in [0.05, 0.1) is 16.8 Å². The Balaban J connectivity index is 1.74. The molecule has 0 spiro atoms. The minimum atomic E-state index is -0.0917. The quantitative estimate of drug-likeness (QED) is 0.435. The molecule has 1 aromatic heterocycles. The van der Waals surface area contributed by atoms with Crippen LogP contribution in [0.4, 0.5) is 5.69 Å². The predicted octanol–water partition coefficient (Wildman–Crippen LogP) is 7.03. The van der Waals surface area contributed by atoms with Gasteiger partial charge in [-0.25, -0.2) is 0 Å². The van der Waals surface area contributed by atoms with Crippen LogP contribution in [0.3, 0.4) is 0 Å².